The molecule has 0 aliphatic carbocycles. The van der Waals surface area contributed by atoms with Crippen LogP contribution in [0.15, 0.2) is 30.3 Å². The fourth-order valence-corrected chi connectivity index (χ4v) is 2.34. The van der Waals surface area contributed by atoms with Gasteiger partial charge in [0.2, 0.25) is 0 Å². The molecule has 1 N–H and O–H groups in total. The number of carbonyl (C=O) groups excluding carboxylic acids is 1. The number of fused-ring (bicyclic) bond motifs is 1. The highest BCUT2D eigenvalue weighted by atomic mass is 16.3. The first-order valence-electron chi connectivity index (χ1n) is 6.32. The Morgan fingerprint density at radius 2 is 2.00 bits per heavy atom. The van der Waals surface area contributed by atoms with Crippen molar-refractivity contribution in [3.63, 3.8) is 0 Å². The minimum absolute atomic E-state index is 0.0826. The number of aliphatic hydroxyl groups is 1. The van der Waals surface area contributed by atoms with E-state index >= 15 is 0 Å². The second-order valence-electron chi connectivity index (χ2n) is 5.62. The second-order valence-corrected chi connectivity index (χ2v) is 5.62. The third-order valence-corrected chi connectivity index (χ3v) is 3.14. The molecule has 0 fully saturated rings. The van der Waals surface area contributed by atoms with Crippen LogP contribution >= 0.6 is 0 Å². The Morgan fingerprint density at radius 1 is 1.37 bits per heavy atom. The molecule has 0 spiro atoms. The van der Waals surface area contributed by atoms with E-state index in [1.54, 1.807) is 25.8 Å². The molecule has 102 valence electrons. The van der Waals surface area contributed by atoms with Crippen molar-refractivity contribution < 1.29 is 9.90 Å². The molecule has 0 bridgehead atoms. The molecule has 0 radical (unpaired) electrons. The summed E-state index contributed by atoms with van der Waals surface area (Å²) >= 11 is 0. The molecule has 1 amide bonds. The number of hydrogen-bond acceptors (Lipinski definition) is 2. The smallest absolute Gasteiger partial charge is 0.270 e. The summed E-state index contributed by atoms with van der Waals surface area (Å²) in [5.74, 6) is -0.0826. The average molecular weight is 260 g/mol. The molecule has 0 atom stereocenters. The monoisotopic (exact) mass is 260 g/mol. The number of aromatic nitrogens is 1. The highest BCUT2D eigenvalue weighted by molar-refractivity contribution is 5.98. The summed E-state index contributed by atoms with van der Waals surface area (Å²) in [6.07, 6.45) is 0. The molecular weight excluding hydrogens is 240 g/mol. The molecule has 1 heterocycles. The van der Waals surface area contributed by atoms with Crippen molar-refractivity contribution in [2.24, 2.45) is 7.05 Å². The van der Waals surface area contributed by atoms with Gasteiger partial charge in [-0.15, -0.1) is 0 Å². The van der Waals surface area contributed by atoms with Gasteiger partial charge in [0.05, 0.1) is 5.60 Å². The Kier molecular flexibility index (Phi) is 3.37. The fraction of sp³-hybridized carbons (Fsp3) is 0.400. The number of likely N-dealkylation sites (N-methyl/N-ethyl adjacent to an activating group) is 1. The number of benzene rings is 1. The number of hydrogen-bond donors (Lipinski definition) is 1. The standard InChI is InChI=1S/C15H20N2O2/c1-15(2,19)10-16(3)14(18)13-9-11-7-5-6-8-12(11)17(13)4/h5-9,19H,10H2,1-4H3. The Balaban J connectivity index is 2.34. The molecule has 4 nitrogen and oxygen atoms in total. The SMILES string of the molecule is CN(CC(C)(C)O)C(=O)c1cc2ccccc2n1C. The van der Waals surface area contributed by atoms with E-state index in [0.717, 1.165) is 10.9 Å². The maximum atomic E-state index is 12.4. The molecule has 0 saturated carbocycles. The summed E-state index contributed by atoms with van der Waals surface area (Å²) in [5, 5.41) is 10.8. The van der Waals surface area contributed by atoms with Crippen LogP contribution in [0.1, 0.15) is 24.3 Å². The number of para-hydroxylation sites is 1. The summed E-state index contributed by atoms with van der Waals surface area (Å²) in [6, 6.07) is 9.77. The fourth-order valence-electron chi connectivity index (χ4n) is 2.34. The lowest BCUT2D eigenvalue weighted by atomic mass is 10.1. The third kappa shape index (κ3) is 2.79. The van der Waals surface area contributed by atoms with Crippen LogP contribution in [0.4, 0.5) is 0 Å². The van der Waals surface area contributed by atoms with Gasteiger partial charge in [0.25, 0.3) is 5.91 Å². The molecule has 2 rings (SSSR count). The molecular formula is C15H20N2O2. The van der Waals surface area contributed by atoms with Gasteiger partial charge >= 0.3 is 0 Å². The summed E-state index contributed by atoms with van der Waals surface area (Å²) in [4.78, 5) is 14.0. The van der Waals surface area contributed by atoms with E-state index in [1.165, 1.54) is 0 Å². The molecule has 0 aliphatic heterocycles. The number of carbonyl (C=O) groups is 1. The molecule has 4 heteroatoms. The van der Waals surface area contributed by atoms with E-state index in [0.29, 0.717) is 12.2 Å². The highest BCUT2D eigenvalue weighted by Gasteiger charge is 2.22. The zero-order chi connectivity index (χ0) is 14.2. The first kappa shape index (κ1) is 13.6. The lowest BCUT2D eigenvalue weighted by Crippen LogP contribution is -2.40. The minimum atomic E-state index is -0.894. The number of nitrogens with zero attached hydrogens (tertiary/aromatic N) is 2. The number of rotatable bonds is 3. The molecule has 0 saturated heterocycles. The molecule has 0 unspecified atom stereocenters. The van der Waals surface area contributed by atoms with Crippen LogP contribution in [0.3, 0.4) is 0 Å². The van der Waals surface area contributed by atoms with Crippen molar-refractivity contribution >= 4 is 16.8 Å². The first-order chi connectivity index (χ1) is 8.79. The van der Waals surface area contributed by atoms with E-state index in [4.69, 9.17) is 0 Å². The van der Waals surface area contributed by atoms with E-state index in [-0.39, 0.29) is 5.91 Å². The van der Waals surface area contributed by atoms with Crippen LogP contribution in [0.25, 0.3) is 10.9 Å². The predicted molar refractivity (Wildman–Crippen MR) is 76.2 cm³/mol. The van der Waals surface area contributed by atoms with Gasteiger partial charge in [-0.1, -0.05) is 18.2 Å². The van der Waals surface area contributed by atoms with Gasteiger partial charge in [0.1, 0.15) is 5.69 Å². The molecule has 1 aromatic heterocycles. The van der Waals surface area contributed by atoms with Crippen molar-refractivity contribution in [1.29, 1.82) is 0 Å². The normalized spacial score (nSPS) is 11.8. The molecule has 1 aromatic carbocycles. The van der Waals surface area contributed by atoms with Crippen LogP contribution in [0, 0.1) is 0 Å². The van der Waals surface area contributed by atoms with Crippen LogP contribution < -0.4 is 0 Å². The summed E-state index contributed by atoms with van der Waals surface area (Å²) in [5.41, 5.74) is 0.769. The molecule has 0 aliphatic rings. The van der Waals surface area contributed by atoms with Gasteiger partial charge in [0.15, 0.2) is 0 Å². The van der Waals surface area contributed by atoms with E-state index in [1.807, 2.05) is 41.9 Å². The maximum Gasteiger partial charge on any atom is 0.270 e. The largest absolute Gasteiger partial charge is 0.389 e. The van der Waals surface area contributed by atoms with Gasteiger partial charge in [-0.25, -0.2) is 0 Å². The van der Waals surface area contributed by atoms with Gasteiger partial charge in [-0.3, -0.25) is 4.79 Å². The Bertz CT molecular complexity index is 608. The van der Waals surface area contributed by atoms with Gasteiger partial charge in [-0.05, 0) is 26.0 Å². The van der Waals surface area contributed by atoms with Crippen molar-refractivity contribution in [3.05, 3.63) is 36.0 Å². The van der Waals surface area contributed by atoms with Crippen LogP contribution in [0.5, 0.6) is 0 Å². The quantitative estimate of drug-likeness (QED) is 0.917. The number of aryl methyl sites for hydroxylation is 1. The Hall–Kier alpha value is -1.81. The van der Waals surface area contributed by atoms with Crippen molar-refractivity contribution in [1.82, 2.24) is 9.47 Å². The van der Waals surface area contributed by atoms with Crippen molar-refractivity contribution in [2.45, 2.75) is 19.4 Å². The van der Waals surface area contributed by atoms with E-state index in [9.17, 15) is 9.90 Å². The predicted octanol–water partition coefficient (Wildman–Crippen LogP) is 2.02. The third-order valence-electron chi connectivity index (χ3n) is 3.14. The summed E-state index contributed by atoms with van der Waals surface area (Å²) < 4.78 is 1.89. The first-order valence-corrected chi connectivity index (χ1v) is 6.32. The van der Waals surface area contributed by atoms with E-state index < -0.39 is 5.60 Å². The van der Waals surface area contributed by atoms with Crippen LogP contribution in [-0.4, -0.2) is 39.7 Å². The number of amides is 1. The average Bonchev–Trinajstić information content (AvgIpc) is 2.64. The van der Waals surface area contributed by atoms with E-state index in [2.05, 4.69) is 0 Å². The summed E-state index contributed by atoms with van der Waals surface area (Å²) in [6.45, 7) is 3.68. The lowest BCUT2D eigenvalue weighted by Gasteiger charge is -2.25. The molecule has 19 heavy (non-hydrogen) atoms. The maximum absolute atomic E-state index is 12.4. The minimum Gasteiger partial charge on any atom is -0.389 e. The zero-order valence-corrected chi connectivity index (χ0v) is 11.8. The van der Waals surface area contributed by atoms with Crippen molar-refractivity contribution in [2.75, 3.05) is 13.6 Å². The van der Waals surface area contributed by atoms with Gasteiger partial charge < -0.3 is 14.6 Å². The van der Waals surface area contributed by atoms with Gasteiger partial charge in [0, 0.05) is 31.5 Å². The van der Waals surface area contributed by atoms with Gasteiger partial charge in [-0.2, -0.15) is 0 Å². The topological polar surface area (TPSA) is 45.5 Å². The van der Waals surface area contributed by atoms with Crippen LogP contribution in [0.2, 0.25) is 0 Å². The lowest BCUT2D eigenvalue weighted by molar-refractivity contribution is 0.0363. The van der Waals surface area contributed by atoms with Crippen LogP contribution in [-0.2, 0) is 7.05 Å². The highest BCUT2D eigenvalue weighted by Crippen LogP contribution is 2.19. The Labute approximate surface area is 113 Å². The summed E-state index contributed by atoms with van der Waals surface area (Å²) in [7, 11) is 3.59. The zero-order valence-electron chi connectivity index (χ0n) is 11.8. The molecule has 2 aromatic rings. The van der Waals surface area contributed by atoms with Crippen molar-refractivity contribution in [3.8, 4) is 0 Å². The Morgan fingerprint density at radius 3 is 2.58 bits per heavy atom. The second kappa shape index (κ2) is 4.70.